The number of benzene rings is 1. The van der Waals surface area contributed by atoms with Crippen molar-refractivity contribution in [3.8, 4) is 0 Å². The van der Waals surface area contributed by atoms with E-state index in [9.17, 15) is 4.79 Å². The Kier molecular flexibility index (Phi) is 4.29. The number of pyridine rings is 1. The zero-order valence-electron chi connectivity index (χ0n) is 9.45. The largest absolute Gasteiger partial charge is 0.384 e. The van der Waals surface area contributed by atoms with Crippen LogP contribution in [0.1, 0.15) is 10.4 Å². The summed E-state index contributed by atoms with van der Waals surface area (Å²) in [6.45, 7) is 0. The van der Waals surface area contributed by atoms with Gasteiger partial charge in [0, 0.05) is 6.20 Å². The van der Waals surface area contributed by atoms with Gasteiger partial charge in [0.2, 0.25) is 0 Å². The molecule has 0 unspecified atom stereocenters. The molecule has 0 fully saturated rings. The van der Waals surface area contributed by atoms with E-state index < -0.39 is 0 Å². The third kappa shape index (κ3) is 3.18. The van der Waals surface area contributed by atoms with Crippen LogP contribution in [0, 0.1) is 0 Å². The molecule has 1 aromatic heterocycles. The number of amides is 1. The zero-order chi connectivity index (χ0) is 14.0. The lowest BCUT2D eigenvalue weighted by molar-refractivity contribution is 0.102. The number of hydrogen-bond acceptors (Lipinski definition) is 3. The first kappa shape index (κ1) is 14.1. The maximum atomic E-state index is 12.1. The van der Waals surface area contributed by atoms with E-state index in [4.69, 9.17) is 28.9 Å². The number of hydrogen-bond donors (Lipinski definition) is 2. The molecule has 1 amide bonds. The van der Waals surface area contributed by atoms with Gasteiger partial charge in [-0.15, -0.1) is 0 Å². The monoisotopic (exact) mass is 359 g/mol. The minimum atomic E-state index is -0.387. The number of nitrogen functional groups attached to an aromatic ring is 1. The third-order valence-electron chi connectivity index (χ3n) is 2.32. The smallest absolute Gasteiger partial charge is 0.257 e. The molecule has 2 rings (SSSR count). The lowest BCUT2D eigenvalue weighted by Gasteiger charge is -2.09. The fourth-order valence-corrected chi connectivity index (χ4v) is 2.15. The molecule has 19 heavy (non-hydrogen) atoms. The van der Waals surface area contributed by atoms with Gasteiger partial charge >= 0.3 is 0 Å². The van der Waals surface area contributed by atoms with Gasteiger partial charge < -0.3 is 11.1 Å². The SMILES string of the molecule is Nc1cc(C(=O)Nc2cccc(Cl)c2Br)c(Cl)cn1. The topological polar surface area (TPSA) is 68.0 Å². The Hall–Kier alpha value is -1.30. The molecule has 0 aliphatic rings. The van der Waals surface area contributed by atoms with Gasteiger partial charge in [-0.3, -0.25) is 4.79 Å². The van der Waals surface area contributed by atoms with E-state index in [0.717, 1.165) is 0 Å². The molecule has 98 valence electrons. The Balaban J connectivity index is 2.31. The first-order valence-electron chi connectivity index (χ1n) is 5.15. The number of carbonyl (C=O) groups is 1. The highest BCUT2D eigenvalue weighted by atomic mass is 79.9. The summed E-state index contributed by atoms with van der Waals surface area (Å²) >= 11 is 15.2. The fourth-order valence-electron chi connectivity index (χ4n) is 1.42. The Morgan fingerprint density at radius 1 is 1.32 bits per heavy atom. The lowest BCUT2D eigenvalue weighted by atomic mass is 10.2. The summed E-state index contributed by atoms with van der Waals surface area (Å²) in [6, 6.07) is 6.56. The highest BCUT2D eigenvalue weighted by molar-refractivity contribution is 9.10. The molecule has 0 aliphatic carbocycles. The molecular weight excluding hydrogens is 353 g/mol. The highest BCUT2D eigenvalue weighted by Crippen LogP contribution is 2.30. The fraction of sp³-hybridized carbons (Fsp3) is 0. The van der Waals surface area contributed by atoms with Gasteiger partial charge in [-0.25, -0.2) is 4.98 Å². The van der Waals surface area contributed by atoms with E-state index in [-0.39, 0.29) is 22.3 Å². The summed E-state index contributed by atoms with van der Waals surface area (Å²) in [6.07, 6.45) is 1.33. The van der Waals surface area contributed by atoms with Crippen molar-refractivity contribution in [2.24, 2.45) is 0 Å². The molecule has 1 heterocycles. The van der Waals surface area contributed by atoms with Crippen molar-refractivity contribution in [2.75, 3.05) is 11.1 Å². The predicted octanol–water partition coefficient (Wildman–Crippen LogP) is 3.99. The Morgan fingerprint density at radius 2 is 2.05 bits per heavy atom. The molecule has 3 N–H and O–H groups in total. The van der Waals surface area contributed by atoms with Crippen LogP contribution in [0.3, 0.4) is 0 Å². The van der Waals surface area contributed by atoms with E-state index >= 15 is 0 Å². The van der Waals surface area contributed by atoms with Crippen molar-refractivity contribution in [2.45, 2.75) is 0 Å². The standard InChI is InChI=1S/C12H8BrCl2N3O/c13-11-7(14)2-1-3-9(11)18-12(19)6-4-10(16)17-5-8(6)15/h1-5H,(H2,16,17)(H,18,19). The van der Waals surface area contributed by atoms with E-state index in [1.807, 2.05) is 0 Å². The van der Waals surface area contributed by atoms with Crippen molar-refractivity contribution in [1.29, 1.82) is 0 Å². The van der Waals surface area contributed by atoms with Gasteiger partial charge in [-0.2, -0.15) is 0 Å². The maximum absolute atomic E-state index is 12.1. The molecule has 0 saturated heterocycles. The number of anilines is 2. The van der Waals surface area contributed by atoms with Crippen molar-refractivity contribution < 1.29 is 4.79 Å². The molecule has 0 spiro atoms. The summed E-state index contributed by atoms with van der Waals surface area (Å²) in [7, 11) is 0. The lowest BCUT2D eigenvalue weighted by Crippen LogP contribution is -2.13. The minimum Gasteiger partial charge on any atom is -0.384 e. The van der Waals surface area contributed by atoms with Gasteiger partial charge in [-0.1, -0.05) is 29.3 Å². The van der Waals surface area contributed by atoms with E-state index in [1.54, 1.807) is 18.2 Å². The van der Waals surface area contributed by atoms with Crippen LogP contribution in [0.2, 0.25) is 10.0 Å². The number of aromatic nitrogens is 1. The van der Waals surface area contributed by atoms with Gasteiger partial charge in [0.15, 0.2) is 0 Å². The number of nitrogens with zero attached hydrogens (tertiary/aromatic N) is 1. The first-order chi connectivity index (χ1) is 8.99. The Bertz CT molecular complexity index is 649. The van der Waals surface area contributed by atoms with Crippen molar-refractivity contribution in [1.82, 2.24) is 4.98 Å². The van der Waals surface area contributed by atoms with E-state index in [1.165, 1.54) is 12.3 Å². The number of nitrogens with two attached hydrogens (primary N) is 1. The summed E-state index contributed by atoms with van der Waals surface area (Å²) in [5, 5.41) is 3.42. The molecule has 0 atom stereocenters. The van der Waals surface area contributed by atoms with Crippen LogP contribution in [0.25, 0.3) is 0 Å². The number of nitrogens with one attached hydrogen (secondary N) is 1. The normalized spacial score (nSPS) is 10.3. The summed E-state index contributed by atoms with van der Waals surface area (Å²) < 4.78 is 0.600. The van der Waals surface area contributed by atoms with Crippen LogP contribution >= 0.6 is 39.1 Å². The molecule has 7 heteroatoms. The third-order valence-corrected chi connectivity index (χ3v) is 4.02. The van der Waals surface area contributed by atoms with Crippen LogP contribution in [-0.4, -0.2) is 10.9 Å². The van der Waals surface area contributed by atoms with Crippen molar-refractivity contribution in [3.63, 3.8) is 0 Å². The minimum absolute atomic E-state index is 0.222. The van der Waals surface area contributed by atoms with Crippen molar-refractivity contribution in [3.05, 3.63) is 50.5 Å². The van der Waals surface area contributed by atoms with Gasteiger partial charge in [-0.05, 0) is 34.1 Å². The van der Waals surface area contributed by atoms with Gasteiger partial charge in [0.25, 0.3) is 5.91 Å². The van der Waals surface area contributed by atoms with Crippen LogP contribution < -0.4 is 11.1 Å². The molecule has 4 nitrogen and oxygen atoms in total. The molecule has 2 aromatic rings. The molecule has 0 aliphatic heterocycles. The first-order valence-corrected chi connectivity index (χ1v) is 6.70. The zero-order valence-corrected chi connectivity index (χ0v) is 12.6. The highest BCUT2D eigenvalue weighted by Gasteiger charge is 2.13. The predicted molar refractivity (Wildman–Crippen MR) is 80.8 cm³/mol. The number of halogens is 3. The van der Waals surface area contributed by atoms with Crippen molar-refractivity contribution >= 4 is 56.5 Å². The van der Waals surface area contributed by atoms with Gasteiger partial charge in [0.05, 0.1) is 25.8 Å². The van der Waals surface area contributed by atoms with Crippen LogP contribution in [0.4, 0.5) is 11.5 Å². The molecule has 0 saturated carbocycles. The number of carbonyl (C=O) groups excluding carboxylic acids is 1. The van der Waals surface area contributed by atoms with Crippen LogP contribution in [-0.2, 0) is 0 Å². The summed E-state index contributed by atoms with van der Waals surface area (Å²) in [4.78, 5) is 15.9. The summed E-state index contributed by atoms with van der Waals surface area (Å²) in [5.74, 6) is -0.165. The quantitative estimate of drug-likeness (QED) is 0.850. The second-order valence-corrected chi connectivity index (χ2v) is 5.25. The summed E-state index contributed by atoms with van der Waals surface area (Å²) in [5.41, 5.74) is 6.33. The Labute approximate surface area is 128 Å². The number of rotatable bonds is 2. The average Bonchev–Trinajstić information content (AvgIpc) is 2.38. The Morgan fingerprint density at radius 3 is 2.79 bits per heavy atom. The van der Waals surface area contributed by atoms with E-state index in [0.29, 0.717) is 15.2 Å². The maximum Gasteiger partial charge on any atom is 0.257 e. The molecule has 1 aromatic carbocycles. The average molecular weight is 361 g/mol. The van der Waals surface area contributed by atoms with Gasteiger partial charge in [0.1, 0.15) is 5.82 Å². The van der Waals surface area contributed by atoms with Crippen LogP contribution in [0.5, 0.6) is 0 Å². The second kappa shape index (κ2) is 5.77. The second-order valence-electron chi connectivity index (χ2n) is 3.64. The molecule has 0 bridgehead atoms. The van der Waals surface area contributed by atoms with E-state index in [2.05, 4.69) is 26.2 Å². The molecular formula is C12H8BrCl2N3O. The van der Waals surface area contributed by atoms with Crippen LogP contribution in [0.15, 0.2) is 34.9 Å². The molecule has 0 radical (unpaired) electrons.